The molecule has 0 bridgehead atoms. The summed E-state index contributed by atoms with van der Waals surface area (Å²) < 4.78 is 7.47. The Morgan fingerprint density at radius 1 is 1.03 bits per heavy atom. The second-order valence-electron chi connectivity index (χ2n) is 9.51. The van der Waals surface area contributed by atoms with Gasteiger partial charge in [-0.3, -0.25) is 4.90 Å². The van der Waals surface area contributed by atoms with E-state index in [1.165, 1.54) is 58.0 Å². The first kappa shape index (κ1) is 26.6. The Balaban J connectivity index is 0.00000306. The molecule has 188 valence electrons. The number of aliphatic imine (C=N–C) groups is 1. The number of nitrogens with zero attached hydrogens (tertiary/aromatic N) is 6. The fraction of sp³-hybridized carbons (Fsp3) is 0.870. The molecule has 0 spiro atoms. The zero-order valence-corrected chi connectivity index (χ0v) is 22.8. The molecule has 3 aliphatic rings. The summed E-state index contributed by atoms with van der Waals surface area (Å²) >= 11 is 0. The third kappa shape index (κ3) is 8.03. The van der Waals surface area contributed by atoms with E-state index in [2.05, 4.69) is 30.6 Å². The minimum atomic E-state index is 0. The van der Waals surface area contributed by atoms with Gasteiger partial charge >= 0.3 is 0 Å². The third-order valence-electron chi connectivity index (χ3n) is 7.35. The summed E-state index contributed by atoms with van der Waals surface area (Å²) in [4.78, 5) is 10.1. The number of hydrogen-bond donors (Lipinski definition) is 2. The number of halogens is 1. The van der Waals surface area contributed by atoms with Crippen molar-refractivity contribution in [3.05, 3.63) is 11.6 Å². The molecular weight excluding hydrogens is 531 g/mol. The Morgan fingerprint density at radius 2 is 1.76 bits per heavy atom. The number of likely N-dealkylation sites (tertiary alicyclic amines) is 1. The predicted octanol–water partition coefficient (Wildman–Crippen LogP) is 1.91. The number of nitrogens with one attached hydrogen (secondary N) is 2. The number of hydrogen-bond acceptors (Lipinski definition) is 6. The van der Waals surface area contributed by atoms with Crippen LogP contribution >= 0.6 is 24.0 Å². The van der Waals surface area contributed by atoms with Gasteiger partial charge in [0.25, 0.3) is 0 Å². The van der Waals surface area contributed by atoms with Gasteiger partial charge in [0.15, 0.2) is 11.8 Å². The fourth-order valence-corrected chi connectivity index (χ4v) is 5.10. The molecule has 0 amide bonds. The number of rotatable bonds is 7. The topological polar surface area (TPSA) is 82.8 Å². The fourth-order valence-electron chi connectivity index (χ4n) is 5.10. The Labute approximate surface area is 216 Å². The first-order chi connectivity index (χ1) is 15.7. The first-order valence-corrected chi connectivity index (χ1v) is 12.6. The van der Waals surface area contributed by atoms with E-state index in [0.29, 0.717) is 12.6 Å². The van der Waals surface area contributed by atoms with E-state index in [1.54, 1.807) is 0 Å². The van der Waals surface area contributed by atoms with E-state index >= 15 is 0 Å². The summed E-state index contributed by atoms with van der Waals surface area (Å²) in [5.41, 5.74) is 0. The van der Waals surface area contributed by atoms with Crippen LogP contribution in [-0.2, 0) is 18.3 Å². The lowest BCUT2D eigenvalue weighted by Crippen LogP contribution is -2.52. The second-order valence-corrected chi connectivity index (χ2v) is 9.51. The largest absolute Gasteiger partial charge is 0.379 e. The standard InChI is InChI=1S/C23H42N8O.HI/c1-19-27-28-22(29(19)2)18-25-23(24-10-13-30-14-16-32-17-15-30)26-20-8-11-31(12-9-20)21-6-4-3-5-7-21;/h20-21H,3-18H2,1-2H3,(H2,24,25,26);1H. The molecule has 3 heterocycles. The Morgan fingerprint density at radius 3 is 2.42 bits per heavy atom. The quantitative estimate of drug-likeness (QED) is 0.293. The highest BCUT2D eigenvalue weighted by Crippen LogP contribution is 2.25. The predicted molar refractivity (Wildman–Crippen MR) is 142 cm³/mol. The van der Waals surface area contributed by atoms with Crippen LogP contribution in [0.4, 0.5) is 0 Å². The number of morpholine rings is 1. The van der Waals surface area contributed by atoms with Crippen molar-refractivity contribution in [3.63, 3.8) is 0 Å². The summed E-state index contributed by atoms with van der Waals surface area (Å²) in [6.45, 7) is 10.5. The molecule has 1 aromatic heterocycles. The van der Waals surface area contributed by atoms with Gasteiger partial charge in [0.2, 0.25) is 0 Å². The van der Waals surface area contributed by atoms with Gasteiger partial charge in [-0.05, 0) is 32.6 Å². The third-order valence-corrected chi connectivity index (χ3v) is 7.35. The highest BCUT2D eigenvalue weighted by Gasteiger charge is 2.26. The van der Waals surface area contributed by atoms with Crippen molar-refractivity contribution in [1.29, 1.82) is 0 Å². The number of piperidine rings is 1. The molecule has 0 aromatic carbocycles. The van der Waals surface area contributed by atoms with Crippen molar-refractivity contribution < 1.29 is 4.74 Å². The first-order valence-electron chi connectivity index (χ1n) is 12.6. The molecule has 4 rings (SSSR count). The number of guanidine groups is 1. The molecule has 2 saturated heterocycles. The monoisotopic (exact) mass is 574 g/mol. The summed E-state index contributed by atoms with van der Waals surface area (Å²) in [6.07, 6.45) is 9.40. The Kier molecular flexibility index (Phi) is 11.1. The zero-order chi connectivity index (χ0) is 22.2. The van der Waals surface area contributed by atoms with Crippen molar-refractivity contribution in [1.82, 2.24) is 35.2 Å². The van der Waals surface area contributed by atoms with Gasteiger partial charge in [0, 0.05) is 58.4 Å². The van der Waals surface area contributed by atoms with Crippen LogP contribution in [0.1, 0.15) is 56.6 Å². The molecule has 1 aromatic rings. The highest BCUT2D eigenvalue weighted by molar-refractivity contribution is 14.0. The average molecular weight is 575 g/mol. The molecule has 9 nitrogen and oxygen atoms in total. The lowest BCUT2D eigenvalue weighted by Gasteiger charge is -2.39. The zero-order valence-electron chi connectivity index (χ0n) is 20.5. The maximum absolute atomic E-state index is 5.46. The summed E-state index contributed by atoms with van der Waals surface area (Å²) in [5, 5.41) is 15.7. The molecule has 0 atom stereocenters. The smallest absolute Gasteiger partial charge is 0.191 e. The van der Waals surface area contributed by atoms with Crippen molar-refractivity contribution in [2.45, 2.75) is 70.5 Å². The lowest BCUT2D eigenvalue weighted by atomic mass is 9.92. The van der Waals surface area contributed by atoms with E-state index in [1.807, 2.05) is 18.5 Å². The van der Waals surface area contributed by atoms with Gasteiger partial charge in [-0.1, -0.05) is 19.3 Å². The molecule has 0 unspecified atom stereocenters. The van der Waals surface area contributed by atoms with Crippen LogP contribution in [0, 0.1) is 6.92 Å². The van der Waals surface area contributed by atoms with Gasteiger partial charge in [-0.15, -0.1) is 34.2 Å². The van der Waals surface area contributed by atoms with Crippen LogP contribution in [0.25, 0.3) is 0 Å². The van der Waals surface area contributed by atoms with Gasteiger partial charge < -0.3 is 24.8 Å². The number of aryl methyl sites for hydroxylation is 1. The van der Waals surface area contributed by atoms with Gasteiger partial charge in [-0.2, -0.15) is 0 Å². The average Bonchev–Trinajstić information content (AvgIpc) is 3.16. The molecule has 2 N–H and O–H groups in total. The van der Waals surface area contributed by atoms with E-state index in [9.17, 15) is 0 Å². The highest BCUT2D eigenvalue weighted by atomic mass is 127. The summed E-state index contributed by atoms with van der Waals surface area (Å²) in [5.74, 6) is 2.71. The molecule has 2 aliphatic heterocycles. The van der Waals surface area contributed by atoms with Crippen molar-refractivity contribution in [2.24, 2.45) is 12.0 Å². The van der Waals surface area contributed by atoms with E-state index < -0.39 is 0 Å². The normalized spacial score (nSPS) is 22.2. The van der Waals surface area contributed by atoms with E-state index in [-0.39, 0.29) is 24.0 Å². The van der Waals surface area contributed by atoms with E-state index in [4.69, 9.17) is 9.73 Å². The second kappa shape index (κ2) is 13.8. The molecular formula is C23H43IN8O. The van der Waals surface area contributed by atoms with Crippen LogP contribution in [-0.4, -0.2) is 95.1 Å². The minimum absolute atomic E-state index is 0. The molecule has 33 heavy (non-hydrogen) atoms. The van der Waals surface area contributed by atoms with Crippen LogP contribution in [0.15, 0.2) is 4.99 Å². The van der Waals surface area contributed by atoms with Crippen LogP contribution in [0.2, 0.25) is 0 Å². The van der Waals surface area contributed by atoms with Crippen LogP contribution in [0.3, 0.4) is 0 Å². The Bertz CT molecular complexity index is 722. The maximum atomic E-state index is 5.46. The van der Waals surface area contributed by atoms with Gasteiger partial charge in [0.05, 0.1) is 13.2 Å². The molecule has 3 fully saturated rings. The lowest BCUT2D eigenvalue weighted by molar-refractivity contribution is 0.0389. The molecule has 10 heteroatoms. The van der Waals surface area contributed by atoms with Crippen molar-refractivity contribution in [3.8, 4) is 0 Å². The van der Waals surface area contributed by atoms with Crippen molar-refractivity contribution in [2.75, 3.05) is 52.5 Å². The SMILES string of the molecule is Cc1nnc(CN=C(NCCN2CCOCC2)NC2CCN(C3CCCCC3)CC2)n1C.I. The van der Waals surface area contributed by atoms with Gasteiger partial charge in [0.1, 0.15) is 12.4 Å². The summed E-state index contributed by atoms with van der Waals surface area (Å²) in [7, 11) is 2.00. The van der Waals surface area contributed by atoms with Gasteiger partial charge in [-0.25, -0.2) is 4.99 Å². The molecule has 1 aliphatic carbocycles. The van der Waals surface area contributed by atoms with Crippen LogP contribution < -0.4 is 10.6 Å². The Hall–Kier alpha value is -0.980. The maximum Gasteiger partial charge on any atom is 0.191 e. The van der Waals surface area contributed by atoms with Crippen molar-refractivity contribution >= 4 is 29.9 Å². The minimum Gasteiger partial charge on any atom is -0.379 e. The summed E-state index contributed by atoms with van der Waals surface area (Å²) in [6, 6.07) is 1.30. The van der Waals surface area contributed by atoms with E-state index in [0.717, 1.165) is 63.0 Å². The molecule has 0 radical (unpaired) electrons. The number of aromatic nitrogens is 3. The van der Waals surface area contributed by atoms with Crippen LogP contribution in [0.5, 0.6) is 0 Å². The number of ether oxygens (including phenoxy) is 1. The molecule has 1 saturated carbocycles.